The van der Waals surface area contributed by atoms with Crippen LogP contribution >= 0.6 is 18.5 Å². The molecule has 0 fully saturated rings. The van der Waals surface area contributed by atoms with Gasteiger partial charge < -0.3 is 4.57 Å². The van der Waals surface area contributed by atoms with Crippen LogP contribution in [0.25, 0.3) is 32.3 Å². The third-order valence-corrected chi connectivity index (χ3v) is 15.3. The average Bonchev–Trinajstić information content (AvgIpc) is 3.67. The Morgan fingerprint density at radius 1 is 0.480 bits per heavy atom. The van der Waals surface area contributed by atoms with Crippen molar-refractivity contribution in [2.45, 2.75) is 19.3 Å². The van der Waals surface area contributed by atoms with Gasteiger partial charge in [0.05, 0.1) is 10.0 Å². The van der Waals surface area contributed by atoms with Gasteiger partial charge in [-0.25, -0.2) is 0 Å². The molecular formula is C47H35OPS. The third kappa shape index (κ3) is 4.63. The normalized spacial score (nSPS) is 12.3. The van der Waals surface area contributed by atoms with Crippen LogP contribution in [-0.4, -0.2) is 0 Å². The molecule has 0 bridgehead atoms. The summed E-state index contributed by atoms with van der Waals surface area (Å²) in [6.45, 7) is 4.29. The summed E-state index contributed by atoms with van der Waals surface area (Å²) >= 11 is 1.69. The highest BCUT2D eigenvalue weighted by atomic mass is 32.1. The Balaban J connectivity index is 1.43. The van der Waals surface area contributed by atoms with Crippen molar-refractivity contribution in [1.82, 2.24) is 0 Å². The Labute approximate surface area is 297 Å². The summed E-state index contributed by atoms with van der Waals surface area (Å²) in [5.74, 6) is 0. The van der Waals surface area contributed by atoms with Gasteiger partial charge in [0.25, 0.3) is 0 Å². The third-order valence-electron chi connectivity index (χ3n) is 10.4. The molecule has 9 rings (SSSR count). The summed E-state index contributed by atoms with van der Waals surface area (Å²) in [6.07, 6.45) is 0. The topological polar surface area (TPSA) is 17.1 Å². The molecule has 0 unspecified atom stereocenters. The summed E-state index contributed by atoms with van der Waals surface area (Å²) < 4.78 is 16.6. The smallest absolute Gasteiger partial charge is 0.180 e. The molecule has 0 saturated carbocycles. The molecule has 0 aliphatic heterocycles. The summed E-state index contributed by atoms with van der Waals surface area (Å²) in [6, 6.07) is 62.8. The van der Waals surface area contributed by atoms with Crippen molar-refractivity contribution in [3.05, 3.63) is 209 Å². The van der Waals surface area contributed by atoms with Crippen molar-refractivity contribution >= 4 is 66.0 Å². The molecule has 1 heterocycles. The van der Waals surface area contributed by atoms with Crippen LogP contribution in [0.3, 0.4) is 0 Å². The van der Waals surface area contributed by atoms with Gasteiger partial charge in [-0.15, -0.1) is 11.3 Å². The number of aryl methyl sites for hydroxylation is 2. The molecule has 3 heteroatoms. The van der Waals surface area contributed by atoms with Crippen molar-refractivity contribution in [1.29, 1.82) is 0 Å². The molecule has 0 N–H and O–H groups in total. The monoisotopic (exact) mass is 678 g/mol. The van der Waals surface area contributed by atoms with Crippen LogP contribution < -0.4 is 15.2 Å². The SMILES string of the molecule is Cc1ccc(C(c2ccc(C)cc2)(c2ccc(P(=O)(c3ccccc3)c3ccccc3)s2)c2cc3cccc4ccc5cccc2c5c43)cc1. The van der Waals surface area contributed by atoms with E-state index < -0.39 is 12.6 Å². The fourth-order valence-corrected chi connectivity index (χ4v) is 12.7. The quantitative estimate of drug-likeness (QED) is 0.0932. The fourth-order valence-electron chi connectivity index (χ4n) is 7.95. The van der Waals surface area contributed by atoms with E-state index in [1.807, 2.05) is 60.7 Å². The predicted octanol–water partition coefficient (Wildman–Crippen LogP) is 11.3. The summed E-state index contributed by atoms with van der Waals surface area (Å²) in [7, 11) is -3.20. The standard InChI is InChI=1S/C47H35OPS/c1-32-19-25-37(26-20-32)47(38-27-21-33(2)22-28-38,42-31-36-13-9-11-34-23-24-35-12-10-18-41(42)46(35)45(34)36)43-29-30-44(50-43)49(48,39-14-5-3-6-15-39)40-16-7-4-8-17-40/h3-31H,1-2H3. The van der Waals surface area contributed by atoms with Crippen LogP contribution in [0.4, 0.5) is 0 Å². The van der Waals surface area contributed by atoms with Gasteiger partial charge in [0, 0.05) is 15.5 Å². The van der Waals surface area contributed by atoms with Gasteiger partial charge in [-0.3, -0.25) is 0 Å². The minimum atomic E-state index is -3.20. The number of hydrogen-bond donors (Lipinski definition) is 0. The second-order valence-electron chi connectivity index (χ2n) is 13.4. The summed E-state index contributed by atoms with van der Waals surface area (Å²) in [5.41, 5.74) is 5.32. The van der Waals surface area contributed by atoms with E-state index in [-0.39, 0.29) is 0 Å². The predicted molar refractivity (Wildman–Crippen MR) is 215 cm³/mol. The highest BCUT2D eigenvalue weighted by Crippen LogP contribution is 2.53. The van der Waals surface area contributed by atoms with Crippen molar-refractivity contribution in [2.24, 2.45) is 0 Å². The van der Waals surface area contributed by atoms with Crippen LogP contribution in [0, 0.1) is 13.8 Å². The Morgan fingerprint density at radius 3 is 1.58 bits per heavy atom. The highest BCUT2D eigenvalue weighted by molar-refractivity contribution is 7.89. The molecule has 0 radical (unpaired) electrons. The maximum atomic E-state index is 15.7. The van der Waals surface area contributed by atoms with Crippen LogP contribution in [0.1, 0.15) is 32.7 Å². The zero-order valence-corrected chi connectivity index (χ0v) is 29.7. The van der Waals surface area contributed by atoms with Crippen molar-refractivity contribution in [3.8, 4) is 0 Å². The maximum Gasteiger partial charge on any atom is 0.180 e. The zero-order chi connectivity index (χ0) is 33.9. The second kappa shape index (κ2) is 12.0. The molecule has 1 nitrogen and oxygen atoms in total. The van der Waals surface area contributed by atoms with E-state index in [1.54, 1.807) is 11.3 Å². The van der Waals surface area contributed by atoms with Gasteiger partial charge in [-0.05, 0) is 81.1 Å². The van der Waals surface area contributed by atoms with Gasteiger partial charge in [-0.1, -0.05) is 169 Å². The molecule has 240 valence electrons. The molecule has 50 heavy (non-hydrogen) atoms. The zero-order valence-electron chi connectivity index (χ0n) is 28.0. The maximum absolute atomic E-state index is 15.7. The van der Waals surface area contributed by atoms with E-state index in [2.05, 4.69) is 129 Å². The van der Waals surface area contributed by atoms with Crippen LogP contribution in [-0.2, 0) is 9.98 Å². The molecule has 0 saturated heterocycles. The van der Waals surface area contributed by atoms with Gasteiger partial charge >= 0.3 is 0 Å². The highest BCUT2D eigenvalue weighted by Gasteiger charge is 2.43. The van der Waals surface area contributed by atoms with Gasteiger partial charge in [0.1, 0.15) is 0 Å². The van der Waals surface area contributed by atoms with Gasteiger partial charge in [0.2, 0.25) is 0 Å². The lowest BCUT2D eigenvalue weighted by atomic mass is 9.66. The van der Waals surface area contributed by atoms with Gasteiger partial charge in [-0.2, -0.15) is 0 Å². The first-order valence-corrected chi connectivity index (χ1v) is 19.6. The molecule has 1 aromatic heterocycles. The van der Waals surface area contributed by atoms with Crippen molar-refractivity contribution in [2.75, 3.05) is 0 Å². The molecule has 8 aromatic carbocycles. The van der Waals surface area contributed by atoms with E-state index >= 15 is 4.57 Å². The summed E-state index contributed by atoms with van der Waals surface area (Å²) in [5, 5.41) is 9.22. The first-order valence-electron chi connectivity index (χ1n) is 17.1. The second-order valence-corrected chi connectivity index (χ2v) is 17.5. The minimum absolute atomic E-state index is 0.702. The fraction of sp³-hybridized carbons (Fsp3) is 0.0638. The Bertz CT molecular complexity index is 2580. The van der Waals surface area contributed by atoms with Gasteiger partial charge in [0.15, 0.2) is 7.14 Å². The molecule has 9 aromatic rings. The Morgan fingerprint density at radius 2 is 1.00 bits per heavy atom. The van der Waals surface area contributed by atoms with Crippen LogP contribution in [0.5, 0.6) is 0 Å². The first kappa shape index (κ1) is 30.8. The largest absolute Gasteiger partial charge is 0.308 e. The first-order chi connectivity index (χ1) is 24.5. The number of hydrogen-bond acceptors (Lipinski definition) is 2. The van der Waals surface area contributed by atoms with Crippen molar-refractivity contribution < 1.29 is 4.57 Å². The van der Waals surface area contributed by atoms with E-state index in [0.717, 1.165) is 20.1 Å². The molecule has 0 atom stereocenters. The van der Waals surface area contributed by atoms with Crippen LogP contribution in [0.2, 0.25) is 0 Å². The van der Waals surface area contributed by atoms with E-state index in [0.29, 0.717) is 0 Å². The molecule has 0 spiro atoms. The number of benzene rings is 8. The minimum Gasteiger partial charge on any atom is -0.308 e. The Kier molecular flexibility index (Phi) is 7.35. The lowest BCUT2D eigenvalue weighted by molar-refractivity contribution is 0.593. The summed E-state index contributed by atoms with van der Waals surface area (Å²) in [4.78, 5) is 1.14. The lowest BCUT2D eigenvalue weighted by Crippen LogP contribution is -2.30. The number of thiophene rings is 1. The molecule has 0 amide bonds. The average molecular weight is 679 g/mol. The Hall–Kier alpha value is -5.27. The van der Waals surface area contributed by atoms with E-state index in [4.69, 9.17) is 0 Å². The van der Waals surface area contributed by atoms with Crippen molar-refractivity contribution in [3.63, 3.8) is 0 Å². The molecule has 0 aliphatic rings. The van der Waals surface area contributed by atoms with E-state index in [1.165, 1.54) is 60.1 Å². The number of rotatable bonds is 7. The molecule has 0 aliphatic carbocycles. The molecular weight excluding hydrogens is 644 g/mol. The lowest BCUT2D eigenvalue weighted by Gasteiger charge is -2.37. The van der Waals surface area contributed by atoms with E-state index in [9.17, 15) is 0 Å². The van der Waals surface area contributed by atoms with Crippen LogP contribution in [0.15, 0.2) is 176 Å².